The van der Waals surface area contributed by atoms with Crippen molar-refractivity contribution in [3.8, 4) is 0 Å². The zero-order chi connectivity index (χ0) is 51.8. The quantitative estimate of drug-likeness (QED) is 0.0800. The highest BCUT2D eigenvalue weighted by Crippen LogP contribution is 2.32. The molecule has 0 saturated carbocycles. The van der Waals surface area contributed by atoms with Crippen LogP contribution >= 0.6 is 0 Å². The van der Waals surface area contributed by atoms with Crippen molar-refractivity contribution in [1.82, 2.24) is 0 Å². The summed E-state index contributed by atoms with van der Waals surface area (Å²) in [6.45, 7) is 28.8. The Morgan fingerprint density at radius 1 is 0.507 bits per heavy atom. The molecule has 73 heavy (non-hydrogen) atoms. The molecule has 6 aromatic rings. The third-order valence-electron chi connectivity index (χ3n) is 13.7. The molecule has 0 spiro atoms. The summed E-state index contributed by atoms with van der Waals surface area (Å²) in [6, 6.07) is 69.5. The monoisotopic (exact) mass is 1120 g/mol. The highest BCUT2D eigenvalue weighted by Gasteiger charge is 2.49. The molecule has 2 fully saturated rings. The number of hydrogen-bond donors (Lipinski definition) is 0. The smallest absolute Gasteiger partial charge is 0.324 e. The normalized spacial score (nSPS) is 19.3. The van der Waals surface area contributed by atoms with Crippen molar-refractivity contribution in [2.75, 3.05) is 13.2 Å². The van der Waals surface area contributed by atoms with Crippen LogP contribution < -0.4 is 31.1 Å². The predicted octanol–water partition coefficient (Wildman–Crippen LogP) is 12.1. The fraction of sp³-hybridized carbons (Fsp3) is 0.356. The number of rotatable bonds is 14. The van der Waals surface area contributed by atoms with E-state index in [9.17, 15) is 0 Å². The summed E-state index contributed by atoms with van der Waals surface area (Å²) >= 11 is 0. The predicted molar refractivity (Wildman–Crippen MR) is 333 cm³/mol. The molecule has 0 amide bonds. The first-order valence-corrected chi connectivity index (χ1v) is 47.1. The molecular weight excluding hydrogens is 1030 g/mol. The zero-order valence-electron chi connectivity index (χ0n) is 45.2. The maximum absolute atomic E-state index is 7.63. The van der Waals surface area contributed by atoms with Gasteiger partial charge in [-0.25, -0.2) is 0 Å². The van der Waals surface area contributed by atoms with Crippen LogP contribution in [0.3, 0.4) is 0 Å². The van der Waals surface area contributed by atoms with Crippen LogP contribution in [0.1, 0.15) is 33.1 Å². The van der Waals surface area contributed by atoms with Crippen LogP contribution in [0.5, 0.6) is 0 Å². The van der Waals surface area contributed by atoms with Crippen molar-refractivity contribution < 1.29 is 25.3 Å². The lowest BCUT2D eigenvalue weighted by Gasteiger charge is -2.42. The van der Waals surface area contributed by atoms with Crippen molar-refractivity contribution in [1.29, 1.82) is 0 Å². The molecule has 6 aromatic carbocycles. The van der Waals surface area contributed by atoms with Crippen LogP contribution in [0.2, 0.25) is 89.6 Å². The Bertz CT molecular complexity index is 2310. The molecule has 8 rings (SSSR count). The van der Waals surface area contributed by atoms with Gasteiger partial charge in [0.2, 0.25) is 0 Å². The Balaban J connectivity index is 0.000000230. The topological polar surface area (TPSA) is 55.4 Å². The Morgan fingerprint density at radius 2 is 0.849 bits per heavy atom. The van der Waals surface area contributed by atoms with E-state index in [-0.39, 0.29) is 7.43 Å². The molecule has 2 heterocycles. The average Bonchev–Trinajstić information content (AvgIpc) is 3.37. The second kappa shape index (κ2) is 27.6. The van der Waals surface area contributed by atoms with E-state index in [1.807, 2.05) is 5.70 Å². The van der Waals surface area contributed by atoms with E-state index in [0.29, 0.717) is 0 Å². The fourth-order valence-electron chi connectivity index (χ4n) is 9.99. The van der Waals surface area contributed by atoms with Gasteiger partial charge in [-0.2, -0.15) is 0 Å². The first-order valence-electron chi connectivity index (χ1n) is 26.3. The van der Waals surface area contributed by atoms with E-state index in [0.717, 1.165) is 31.7 Å². The van der Waals surface area contributed by atoms with Gasteiger partial charge in [0, 0.05) is 13.2 Å². The van der Waals surface area contributed by atoms with Crippen molar-refractivity contribution in [2.24, 2.45) is 0 Å². The molecule has 2 unspecified atom stereocenters. The van der Waals surface area contributed by atoms with Gasteiger partial charge in [-0.05, 0) is 134 Å². The minimum absolute atomic E-state index is 0. The highest BCUT2D eigenvalue weighted by molar-refractivity contribution is 7.11. The molecule has 0 radical (unpaired) electrons. The molecule has 392 valence electrons. The molecule has 0 aliphatic carbocycles. The largest absolute Gasteiger partial charge is 0.446 e. The Hall–Kier alpha value is -3.44. The Labute approximate surface area is 451 Å². The van der Waals surface area contributed by atoms with Crippen molar-refractivity contribution in [3.63, 3.8) is 0 Å². The maximum atomic E-state index is 7.63. The van der Waals surface area contributed by atoms with Gasteiger partial charge < -0.3 is 25.3 Å². The third kappa shape index (κ3) is 17.3. The van der Waals surface area contributed by atoms with Gasteiger partial charge in [0.1, 0.15) is 0 Å². The van der Waals surface area contributed by atoms with Crippen molar-refractivity contribution in [2.45, 2.75) is 123 Å². The van der Waals surface area contributed by atoms with Crippen LogP contribution in [0.4, 0.5) is 0 Å². The summed E-state index contributed by atoms with van der Waals surface area (Å²) in [5, 5.41) is 7.73. The first-order chi connectivity index (χ1) is 34.3. The molecule has 6 nitrogen and oxygen atoms in total. The Morgan fingerprint density at radius 3 is 1.22 bits per heavy atom. The van der Waals surface area contributed by atoms with E-state index in [4.69, 9.17) is 25.3 Å². The van der Waals surface area contributed by atoms with E-state index < -0.39 is 67.7 Å². The minimum atomic E-state index is -2.71. The van der Waals surface area contributed by atoms with E-state index in [1.54, 1.807) is 0 Å². The van der Waals surface area contributed by atoms with E-state index in [2.05, 4.69) is 254 Å². The minimum Gasteiger partial charge on any atom is -0.446 e. The Kier molecular flexibility index (Phi) is 22.8. The van der Waals surface area contributed by atoms with Gasteiger partial charge in [0.15, 0.2) is 33.3 Å². The molecular formula is C59H88O6Si8. The SMILES string of the molecule is C.C=C[Si](C)(C)O[Si](c1ccccc1)(c1ccccc1)c1ccccc1.C[SiH]1OCCCC[Si](C)(C)O1.C[Si]1(C)CCCCO[Si](C)(CC[Si](C)(C)O[Si](c2ccccc2)(c2ccccc2)c2ccccc2)O1. The van der Waals surface area contributed by atoms with Crippen LogP contribution in [0.25, 0.3) is 0 Å². The van der Waals surface area contributed by atoms with Gasteiger partial charge in [-0.3, -0.25) is 0 Å². The zero-order valence-corrected chi connectivity index (χ0v) is 53.4. The lowest BCUT2D eigenvalue weighted by molar-refractivity contribution is 0.226. The van der Waals surface area contributed by atoms with Crippen LogP contribution in [-0.2, 0) is 25.3 Å². The third-order valence-corrected chi connectivity index (χ3v) is 43.9. The highest BCUT2D eigenvalue weighted by atomic mass is 28.4. The molecule has 2 saturated heterocycles. The van der Waals surface area contributed by atoms with Gasteiger partial charge in [0.25, 0.3) is 16.6 Å². The maximum Gasteiger partial charge on any atom is 0.324 e. The van der Waals surface area contributed by atoms with Gasteiger partial charge in [-0.15, -0.1) is 6.58 Å². The lowest BCUT2D eigenvalue weighted by atomic mass is 10.3. The van der Waals surface area contributed by atoms with Crippen LogP contribution in [0.15, 0.2) is 194 Å². The summed E-state index contributed by atoms with van der Waals surface area (Å²) in [7, 11) is -15.9. The molecule has 0 N–H and O–H groups in total. The number of hydrogen-bond acceptors (Lipinski definition) is 6. The average molecular weight is 1120 g/mol. The van der Waals surface area contributed by atoms with Crippen LogP contribution in [0, 0.1) is 0 Å². The standard InChI is InChI=1S/C29H42O3Si4.C22H24OSi2.C7H18O2Si2.CH4/c1-33(2)24-16-15-23-30-35(5,31-33)26-25-34(3,4)32-36(27-17-9-6-10-18-27,28-19-11-7-12-20-28)29-21-13-8-14-22-29;1-4-24(2,3)23-25(20-14-8-5-9-15-20,21-16-10-6-11-17-21)22-18-12-7-13-19-22;1-10-8-6-4-5-7-11(2,3)9-10;/h6-14,17-22H,15-16,23-26H2,1-5H3;4-19H,1H2,2-3H3;10H,4-7H2,1-3H3;1H4. The van der Waals surface area contributed by atoms with E-state index >= 15 is 0 Å². The fourth-order valence-corrected chi connectivity index (χ4v) is 43.7. The lowest BCUT2D eigenvalue weighted by Crippen LogP contribution is -2.72. The van der Waals surface area contributed by atoms with Gasteiger partial charge in [0.05, 0.1) is 0 Å². The summed E-state index contributed by atoms with van der Waals surface area (Å²) in [4.78, 5) is 0. The molecule has 2 aliphatic rings. The molecule has 0 aromatic heterocycles. The second-order valence-corrected chi connectivity index (χ2v) is 51.7. The summed E-state index contributed by atoms with van der Waals surface area (Å²) in [5.41, 5.74) is 2.03. The summed E-state index contributed by atoms with van der Waals surface area (Å²) < 4.78 is 39.6. The van der Waals surface area contributed by atoms with Crippen molar-refractivity contribution >= 4 is 98.9 Å². The molecule has 2 atom stereocenters. The second-order valence-electron chi connectivity index (χ2n) is 21.9. The molecule has 2 aliphatic heterocycles. The molecule has 14 heteroatoms. The van der Waals surface area contributed by atoms with Crippen LogP contribution in [-0.4, -0.2) is 81.0 Å². The number of benzene rings is 6. The van der Waals surface area contributed by atoms with Gasteiger partial charge in [-0.1, -0.05) is 208 Å². The van der Waals surface area contributed by atoms with E-state index in [1.165, 1.54) is 62.5 Å². The van der Waals surface area contributed by atoms with Gasteiger partial charge >= 0.3 is 17.8 Å². The summed E-state index contributed by atoms with van der Waals surface area (Å²) in [6.07, 6.45) is 4.91. The first kappa shape index (κ1) is 60.4. The van der Waals surface area contributed by atoms with Crippen molar-refractivity contribution in [3.05, 3.63) is 194 Å². The molecule has 0 bridgehead atoms. The summed E-state index contributed by atoms with van der Waals surface area (Å²) in [5.74, 6) is 0.